The first-order valence-electron chi connectivity index (χ1n) is 8.60. The molecule has 4 N–H and O–H groups in total. The molecule has 0 saturated heterocycles. The maximum Gasteiger partial charge on any atom is 0.264 e. The van der Waals surface area contributed by atoms with E-state index < -0.39 is 18.0 Å². The second-order valence-corrected chi connectivity index (χ2v) is 7.69. The predicted octanol–water partition coefficient (Wildman–Crippen LogP) is 2.28. The quantitative estimate of drug-likeness (QED) is 0.579. The van der Waals surface area contributed by atoms with Crippen molar-refractivity contribution in [2.24, 2.45) is 5.73 Å². The van der Waals surface area contributed by atoms with Crippen LogP contribution >= 0.6 is 11.3 Å². The lowest BCUT2D eigenvalue weighted by Crippen LogP contribution is -2.48. The van der Waals surface area contributed by atoms with E-state index >= 15 is 0 Å². The number of rotatable bonds is 6. The number of pyridine rings is 1. The zero-order valence-electron chi connectivity index (χ0n) is 14.7. The minimum absolute atomic E-state index is 0.0259. The SMILES string of the molecule is NC(=O)c1sc(-c2ccc(NCC3(c4ccccn4)CC(F)C3)nn2)nc1O. The molecular formula is C18H17FN6O2S. The largest absolute Gasteiger partial charge is 0.492 e. The summed E-state index contributed by atoms with van der Waals surface area (Å²) in [5.74, 6) is -0.643. The molecule has 1 fully saturated rings. The fourth-order valence-corrected chi connectivity index (χ4v) is 4.07. The van der Waals surface area contributed by atoms with Gasteiger partial charge >= 0.3 is 0 Å². The molecule has 0 radical (unpaired) electrons. The summed E-state index contributed by atoms with van der Waals surface area (Å²) in [6.45, 7) is 0.488. The summed E-state index contributed by atoms with van der Waals surface area (Å²) in [6.07, 6.45) is 1.71. The summed E-state index contributed by atoms with van der Waals surface area (Å²) in [4.78, 5) is 19.5. The van der Waals surface area contributed by atoms with E-state index in [0.29, 0.717) is 35.9 Å². The Hall–Kier alpha value is -3.14. The number of alkyl halides is 1. The Morgan fingerprint density at radius 1 is 1.32 bits per heavy atom. The van der Waals surface area contributed by atoms with Gasteiger partial charge in [-0.3, -0.25) is 9.78 Å². The summed E-state index contributed by atoms with van der Waals surface area (Å²) in [7, 11) is 0. The summed E-state index contributed by atoms with van der Waals surface area (Å²) in [5, 5.41) is 21.4. The first kappa shape index (κ1) is 18.2. The van der Waals surface area contributed by atoms with Crippen molar-refractivity contribution in [1.29, 1.82) is 0 Å². The average molecular weight is 400 g/mol. The highest BCUT2D eigenvalue weighted by Crippen LogP contribution is 2.44. The maximum atomic E-state index is 13.6. The normalized spacial score (nSPS) is 21.1. The van der Waals surface area contributed by atoms with Crippen molar-refractivity contribution >= 4 is 23.1 Å². The molecule has 3 aromatic heterocycles. The molecule has 3 aromatic rings. The summed E-state index contributed by atoms with van der Waals surface area (Å²) in [6, 6.07) is 9.02. The number of anilines is 1. The summed E-state index contributed by atoms with van der Waals surface area (Å²) >= 11 is 0.946. The van der Waals surface area contributed by atoms with E-state index in [9.17, 15) is 14.3 Å². The minimum Gasteiger partial charge on any atom is -0.492 e. The van der Waals surface area contributed by atoms with E-state index in [0.717, 1.165) is 17.0 Å². The number of halogens is 1. The molecule has 1 amide bonds. The van der Waals surface area contributed by atoms with Crippen molar-refractivity contribution in [1.82, 2.24) is 20.2 Å². The molecule has 3 heterocycles. The van der Waals surface area contributed by atoms with Crippen LogP contribution in [0.25, 0.3) is 10.7 Å². The zero-order valence-corrected chi connectivity index (χ0v) is 15.5. The highest BCUT2D eigenvalue weighted by molar-refractivity contribution is 7.17. The number of primary amides is 1. The van der Waals surface area contributed by atoms with Gasteiger partial charge < -0.3 is 16.2 Å². The molecule has 0 atom stereocenters. The number of carbonyl (C=O) groups excluding carboxylic acids is 1. The van der Waals surface area contributed by atoms with Crippen LogP contribution in [0.2, 0.25) is 0 Å². The van der Waals surface area contributed by atoms with Gasteiger partial charge in [0.25, 0.3) is 5.91 Å². The minimum atomic E-state index is -0.825. The third kappa shape index (κ3) is 3.38. The van der Waals surface area contributed by atoms with Crippen molar-refractivity contribution in [2.45, 2.75) is 24.4 Å². The van der Waals surface area contributed by atoms with Gasteiger partial charge in [-0.15, -0.1) is 21.5 Å². The Balaban J connectivity index is 1.47. The van der Waals surface area contributed by atoms with Gasteiger partial charge in [-0.1, -0.05) is 6.07 Å². The molecule has 1 aliphatic carbocycles. The topological polar surface area (TPSA) is 127 Å². The van der Waals surface area contributed by atoms with Crippen LogP contribution in [-0.2, 0) is 5.41 Å². The van der Waals surface area contributed by atoms with E-state index in [1.165, 1.54) is 0 Å². The fourth-order valence-electron chi connectivity index (χ4n) is 3.29. The van der Waals surface area contributed by atoms with Crippen LogP contribution in [0.4, 0.5) is 10.2 Å². The molecular weight excluding hydrogens is 383 g/mol. The molecule has 8 nitrogen and oxygen atoms in total. The number of nitrogens with zero attached hydrogens (tertiary/aromatic N) is 4. The monoisotopic (exact) mass is 400 g/mol. The Kier molecular flexibility index (Phi) is 4.63. The number of aromatic nitrogens is 4. The van der Waals surface area contributed by atoms with E-state index in [4.69, 9.17) is 5.73 Å². The smallest absolute Gasteiger partial charge is 0.264 e. The molecule has 0 aliphatic heterocycles. The standard InChI is InChI=1S/C18H17FN6O2S/c19-10-7-18(8-10,12-3-1-2-6-21-12)9-22-13-5-4-11(24-25-13)17-23-16(27)14(28-17)15(20)26/h1-6,10,27H,7-9H2,(H2,20,26)(H,22,25). The van der Waals surface area contributed by atoms with Gasteiger partial charge in [-0.2, -0.15) is 4.98 Å². The van der Waals surface area contributed by atoms with Crippen LogP contribution in [0, 0.1) is 0 Å². The van der Waals surface area contributed by atoms with Crippen molar-refractivity contribution < 1.29 is 14.3 Å². The maximum absolute atomic E-state index is 13.6. The van der Waals surface area contributed by atoms with Crippen LogP contribution in [0.3, 0.4) is 0 Å². The number of thiazole rings is 1. The second-order valence-electron chi connectivity index (χ2n) is 6.69. The van der Waals surface area contributed by atoms with Crippen molar-refractivity contribution in [2.75, 3.05) is 11.9 Å². The van der Waals surface area contributed by atoms with E-state index in [-0.39, 0.29) is 10.3 Å². The van der Waals surface area contributed by atoms with Gasteiger partial charge in [-0.05, 0) is 37.1 Å². The third-order valence-electron chi connectivity index (χ3n) is 4.76. The molecule has 0 aromatic carbocycles. The molecule has 28 heavy (non-hydrogen) atoms. The van der Waals surface area contributed by atoms with Gasteiger partial charge in [0.15, 0.2) is 4.88 Å². The summed E-state index contributed by atoms with van der Waals surface area (Å²) < 4.78 is 13.6. The molecule has 10 heteroatoms. The van der Waals surface area contributed by atoms with Crippen molar-refractivity contribution in [3.8, 4) is 16.6 Å². The van der Waals surface area contributed by atoms with Crippen molar-refractivity contribution in [3.05, 3.63) is 47.1 Å². The number of hydrogen-bond acceptors (Lipinski definition) is 8. The average Bonchev–Trinajstić information content (AvgIpc) is 3.07. The van der Waals surface area contributed by atoms with Gasteiger partial charge in [0, 0.05) is 23.9 Å². The number of aromatic hydroxyl groups is 1. The number of carbonyl (C=O) groups is 1. The van der Waals surface area contributed by atoms with Crippen LogP contribution in [0.5, 0.6) is 5.88 Å². The molecule has 4 rings (SSSR count). The molecule has 0 bridgehead atoms. The van der Waals surface area contributed by atoms with Gasteiger partial charge in [0.05, 0.1) is 0 Å². The zero-order chi connectivity index (χ0) is 19.7. The number of hydrogen-bond donors (Lipinski definition) is 3. The number of amides is 1. The third-order valence-corrected chi connectivity index (χ3v) is 5.84. The molecule has 1 saturated carbocycles. The first-order valence-corrected chi connectivity index (χ1v) is 9.42. The van der Waals surface area contributed by atoms with E-state index in [2.05, 4.69) is 25.5 Å². The van der Waals surface area contributed by atoms with Crippen LogP contribution in [-0.4, -0.2) is 43.9 Å². The lowest BCUT2D eigenvalue weighted by Gasteiger charge is -2.43. The van der Waals surface area contributed by atoms with Crippen molar-refractivity contribution in [3.63, 3.8) is 0 Å². The Morgan fingerprint density at radius 2 is 2.14 bits per heavy atom. The van der Waals surface area contributed by atoms with E-state index in [1.807, 2.05) is 18.2 Å². The Morgan fingerprint density at radius 3 is 2.71 bits per heavy atom. The second kappa shape index (κ2) is 7.12. The van der Waals surface area contributed by atoms with Gasteiger partial charge in [0.1, 0.15) is 22.7 Å². The fraction of sp³-hybridized carbons (Fsp3) is 0.278. The lowest BCUT2D eigenvalue weighted by atomic mass is 9.65. The van der Waals surface area contributed by atoms with Crippen LogP contribution < -0.4 is 11.1 Å². The highest BCUT2D eigenvalue weighted by atomic mass is 32.1. The lowest BCUT2D eigenvalue weighted by molar-refractivity contribution is 0.0993. The summed E-state index contributed by atoms with van der Waals surface area (Å²) in [5.41, 5.74) is 6.08. The van der Waals surface area contributed by atoms with Crippen LogP contribution in [0.15, 0.2) is 36.5 Å². The Labute approximate surface area is 163 Å². The molecule has 1 aliphatic rings. The molecule has 144 valence electrons. The predicted molar refractivity (Wildman–Crippen MR) is 102 cm³/mol. The van der Waals surface area contributed by atoms with Gasteiger partial charge in [0.2, 0.25) is 5.88 Å². The highest BCUT2D eigenvalue weighted by Gasteiger charge is 2.47. The Bertz CT molecular complexity index is 989. The molecule has 0 unspecified atom stereocenters. The van der Waals surface area contributed by atoms with Gasteiger partial charge in [-0.25, -0.2) is 4.39 Å². The number of nitrogens with one attached hydrogen (secondary N) is 1. The molecule has 0 spiro atoms. The number of nitrogens with two attached hydrogens (primary N) is 1. The van der Waals surface area contributed by atoms with Crippen LogP contribution in [0.1, 0.15) is 28.2 Å². The first-order chi connectivity index (χ1) is 13.5. The van der Waals surface area contributed by atoms with E-state index in [1.54, 1.807) is 18.3 Å².